The van der Waals surface area contributed by atoms with E-state index in [4.69, 9.17) is 33.7 Å². The summed E-state index contributed by atoms with van der Waals surface area (Å²) in [4.78, 5) is 15.5. The summed E-state index contributed by atoms with van der Waals surface area (Å²) in [6.45, 7) is 3.08. The molecule has 5 rings (SSSR count). The van der Waals surface area contributed by atoms with Crippen LogP contribution in [-0.4, -0.2) is 31.5 Å². The lowest BCUT2D eigenvalue weighted by atomic mass is 10.1. The third-order valence-electron chi connectivity index (χ3n) is 5.77. The second kappa shape index (κ2) is 11.3. The molecule has 3 aromatic carbocycles. The van der Waals surface area contributed by atoms with E-state index in [1.54, 1.807) is 9.58 Å². The minimum Gasteiger partial charge on any atom is -0.492 e. The molecular weight excluding hydrogens is 522 g/mol. The molecular formula is C29H24ClN3O2S2. The number of thioether (sulfide) groups is 1. The van der Waals surface area contributed by atoms with Crippen LogP contribution >= 0.6 is 35.6 Å². The van der Waals surface area contributed by atoms with Crippen LogP contribution < -0.4 is 4.74 Å². The van der Waals surface area contributed by atoms with Gasteiger partial charge in [0, 0.05) is 17.3 Å². The van der Waals surface area contributed by atoms with Crippen LogP contribution in [0.3, 0.4) is 0 Å². The molecule has 8 heteroatoms. The topological polar surface area (TPSA) is 47.4 Å². The molecule has 0 N–H and O–H groups in total. The Labute approximate surface area is 230 Å². The number of thiocarbonyl (C=S) groups is 1. The van der Waals surface area contributed by atoms with Crippen molar-refractivity contribution in [3.63, 3.8) is 0 Å². The number of hydrogen-bond acceptors (Lipinski definition) is 5. The van der Waals surface area contributed by atoms with Crippen molar-refractivity contribution in [2.75, 3.05) is 6.61 Å². The van der Waals surface area contributed by atoms with Crippen LogP contribution in [0.1, 0.15) is 24.5 Å². The number of hydrogen-bond donors (Lipinski definition) is 0. The summed E-state index contributed by atoms with van der Waals surface area (Å²) in [5.74, 6) is 0.525. The average Bonchev–Trinajstić information content (AvgIpc) is 3.45. The number of para-hydroxylation sites is 1. The summed E-state index contributed by atoms with van der Waals surface area (Å²) in [7, 11) is 0. The number of aromatic nitrogens is 2. The maximum atomic E-state index is 13.3. The van der Waals surface area contributed by atoms with Crippen LogP contribution in [0.2, 0.25) is 5.02 Å². The Bertz CT molecular complexity index is 1470. The molecule has 37 heavy (non-hydrogen) atoms. The molecule has 0 radical (unpaired) electrons. The highest BCUT2D eigenvalue weighted by Crippen LogP contribution is 2.37. The summed E-state index contributed by atoms with van der Waals surface area (Å²) >= 11 is 13.4. The summed E-state index contributed by atoms with van der Waals surface area (Å²) in [6.07, 6.45) is 4.68. The van der Waals surface area contributed by atoms with E-state index in [0.717, 1.165) is 28.8 Å². The van der Waals surface area contributed by atoms with Crippen LogP contribution in [0.25, 0.3) is 23.0 Å². The molecule has 186 valence electrons. The number of ether oxygens (including phenoxy) is 1. The van der Waals surface area contributed by atoms with Crippen LogP contribution in [0.5, 0.6) is 5.75 Å². The van der Waals surface area contributed by atoms with Gasteiger partial charge >= 0.3 is 0 Å². The minimum absolute atomic E-state index is 0.112. The second-order valence-corrected chi connectivity index (χ2v) is 10.5. The number of benzene rings is 3. The molecule has 5 nitrogen and oxygen atoms in total. The standard InChI is InChI=1S/C29H24ClN3O2S2/c1-2-15-35-25-14-13-21(16-24(25)30)27-22(19-33(31-27)23-11-7-4-8-12-23)17-26-28(34)32(29(36)37-26)18-20-9-5-3-6-10-20/h3-14,16-17,19H,2,15,18H2,1H3/b26-17-. The molecule has 0 atom stereocenters. The first-order chi connectivity index (χ1) is 18.0. The van der Waals surface area contributed by atoms with Crippen molar-refractivity contribution < 1.29 is 9.53 Å². The van der Waals surface area contributed by atoms with Gasteiger partial charge in [-0.3, -0.25) is 9.69 Å². The zero-order valence-corrected chi connectivity index (χ0v) is 22.5. The van der Waals surface area contributed by atoms with E-state index in [2.05, 4.69) is 0 Å². The zero-order chi connectivity index (χ0) is 25.8. The van der Waals surface area contributed by atoms with Gasteiger partial charge in [0.25, 0.3) is 5.91 Å². The molecule has 0 spiro atoms. The van der Waals surface area contributed by atoms with Crippen LogP contribution in [0.15, 0.2) is 90.0 Å². The predicted octanol–water partition coefficient (Wildman–Crippen LogP) is 7.38. The fourth-order valence-corrected chi connectivity index (χ4v) is 5.43. The number of carbonyl (C=O) groups excluding carboxylic acids is 1. The smallest absolute Gasteiger partial charge is 0.266 e. The van der Waals surface area contributed by atoms with E-state index < -0.39 is 0 Å². The Morgan fingerprint density at radius 3 is 2.49 bits per heavy atom. The highest BCUT2D eigenvalue weighted by Gasteiger charge is 2.32. The van der Waals surface area contributed by atoms with E-state index in [-0.39, 0.29) is 5.91 Å². The number of halogens is 1. The molecule has 1 aliphatic rings. The summed E-state index contributed by atoms with van der Waals surface area (Å²) < 4.78 is 8.08. The van der Waals surface area contributed by atoms with Crippen molar-refractivity contribution in [1.29, 1.82) is 0 Å². The van der Waals surface area contributed by atoms with E-state index >= 15 is 0 Å². The molecule has 1 fully saturated rings. The van der Waals surface area contributed by atoms with Gasteiger partial charge in [0.15, 0.2) is 0 Å². The van der Waals surface area contributed by atoms with Gasteiger partial charge in [-0.1, -0.05) is 91.0 Å². The van der Waals surface area contributed by atoms with Gasteiger partial charge in [-0.15, -0.1) is 0 Å². The SMILES string of the molecule is CCCOc1ccc(-c2nn(-c3ccccc3)cc2/C=C2\SC(=S)N(Cc3ccccc3)C2=O)cc1Cl. The maximum absolute atomic E-state index is 13.3. The minimum atomic E-state index is -0.112. The quantitative estimate of drug-likeness (QED) is 0.171. The Kier molecular flexibility index (Phi) is 7.74. The lowest BCUT2D eigenvalue weighted by Gasteiger charge is -2.14. The van der Waals surface area contributed by atoms with Crippen molar-refractivity contribution in [3.05, 3.63) is 106 Å². The average molecular weight is 546 g/mol. The summed E-state index contributed by atoms with van der Waals surface area (Å²) in [6, 6.07) is 25.3. The number of carbonyl (C=O) groups is 1. The third-order valence-corrected chi connectivity index (χ3v) is 7.45. The van der Waals surface area contributed by atoms with Crippen LogP contribution in [0.4, 0.5) is 0 Å². The fraction of sp³-hybridized carbons (Fsp3) is 0.138. The van der Waals surface area contributed by atoms with Crippen molar-refractivity contribution in [3.8, 4) is 22.7 Å². The number of amides is 1. The summed E-state index contributed by atoms with van der Waals surface area (Å²) in [5.41, 5.74) is 4.27. The first-order valence-corrected chi connectivity index (χ1v) is 13.5. The number of rotatable bonds is 8. The normalized spacial score (nSPS) is 14.5. The van der Waals surface area contributed by atoms with E-state index in [1.165, 1.54) is 11.8 Å². The van der Waals surface area contributed by atoms with Crippen LogP contribution in [0, 0.1) is 0 Å². The Hall–Kier alpha value is -3.39. The first-order valence-electron chi connectivity index (χ1n) is 11.9. The van der Waals surface area contributed by atoms with Gasteiger partial charge in [0.05, 0.1) is 28.8 Å². The fourth-order valence-electron chi connectivity index (χ4n) is 3.95. The molecule has 1 amide bonds. The second-order valence-electron chi connectivity index (χ2n) is 8.46. The molecule has 0 saturated carbocycles. The molecule has 2 heterocycles. The molecule has 4 aromatic rings. The zero-order valence-electron chi connectivity index (χ0n) is 20.1. The first kappa shape index (κ1) is 25.3. The Balaban J connectivity index is 1.52. The largest absolute Gasteiger partial charge is 0.492 e. The molecule has 0 bridgehead atoms. The molecule has 0 aliphatic carbocycles. The van der Waals surface area contributed by atoms with Gasteiger partial charge in [0.1, 0.15) is 15.8 Å². The Morgan fingerprint density at radius 2 is 1.78 bits per heavy atom. The van der Waals surface area contributed by atoms with Gasteiger partial charge in [-0.05, 0) is 48.4 Å². The molecule has 1 saturated heterocycles. The van der Waals surface area contributed by atoms with Gasteiger partial charge in [-0.25, -0.2) is 4.68 Å². The van der Waals surface area contributed by atoms with Gasteiger partial charge in [-0.2, -0.15) is 5.10 Å². The van der Waals surface area contributed by atoms with E-state index in [0.29, 0.717) is 38.8 Å². The lowest BCUT2D eigenvalue weighted by Crippen LogP contribution is -2.27. The van der Waals surface area contributed by atoms with E-state index in [9.17, 15) is 4.79 Å². The summed E-state index contributed by atoms with van der Waals surface area (Å²) in [5, 5.41) is 5.38. The third kappa shape index (κ3) is 5.64. The number of nitrogens with zero attached hydrogens (tertiary/aromatic N) is 3. The van der Waals surface area contributed by atoms with Crippen molar-refractivity contribution in [2.24, 2.45) is 0 Å². The van der Waals surface area contributed by atoms with Crippen LogP contribution in [-0.2, 0) is 11.3 Å². The highest BCUT2D eigenvalue weighted by molar-refractivity contribution is 8.26. The van der Waals surface area contributed by atoms with E-state index in [1.807, 2.05) is 98.1 Å². The Morgan fingerprint density at radius 1 is 1.05 bits per heavy atom. The van der Waals surface area contributed by atoms with Gasteiger partial charge in [0.2, 0.25) is 0 Å². The molecule has 0 unspecified atom stereocenters. The lowest BCUT2D eigenvalue weighted by molar-refractivity contribution is -0.122. The highest BCUT2D eigenvalue weighted by atomic mass is 35.5. The maximum Gasteiger partial charge on any atom is 0.266 e. The van der Waals surface area contributed by atoms with Crippen molar-refractivity contribution >= 4 is 51.9 Å². The predicted molar refractivity (Wildman–Crippen MR) is 155 cm³/mol. The van der Waals surface area contributed by atoms with Crippen molar-refractivity contribution in [2.45, 2.75) is 19.9 Å². The molecule has 1 aromatic heterocycles. The van der Waals surface area contributed by atoms with Gasteiger partial charge < -0.3 is 4.74 Å². The van der Waals surface area contributed by atoms with Crippen molar-refractivity contribution in [1.82, 2.24) is 14.7 Å². The molecule has 1 aliphatic heterocycles. The monoisotopic (exact) mass is 545 g/mol.